The molecule has 1 rings (SSSR count). The van der Waals surface area contributed by atoms with Crippen molar-refractivity contribution in [3.63, 3.8) is 0 Å². The molecule has 1 atom stereocenters. The fourth-order valence-corrected chi connectivity index (χ4v) is 6.86. The first-order valence-electron chi connectivity index (χ1n) is 5.98. The third kappa shape index (κ3) is 4.09. The molecule has 1 unspecified atom stereocenters. The van der Waals surface area contributed by atoms with Gasteiger partial charge in [0.1, 0.15) is 8.07 Å². The number of rotatable bonds is 3. The van der Waals surface area contributed by atoms with Gasteiger partial charge in [0.2, 0.25) is 0 Å². The van der Waals surface area contributed by atoms with Crippen molar-refractivity contribution >= 4 is 31.6 Å². The smallest absolute Gasteiger partial charge is 0.137 e. The summed E-state index contributed by atoms with van der Waals surface area (Å²) in [6, 6.07) is 3.99. The summed E-state index contributed by atoms with van der Waals surface area (Å²) in [4.78, 5) is 0. The Labute approximate surface area is 104 Å². The zero-order valence-corrected chi connectivity index (χ0v) is 12.8. The molecule has 0 bridgehead atoms. The molecule has 3 heteroatoms. The highest BCUT2D eigenvalue weighted by atomic mass is 32.2. The van der Waals surface area contributed by atoms with Crippen LogP contribution in [-0.4, -0.2) is 30.6 Å². The zero-order chi connectivity index (χ0) is 11.1. The summed E-state index contributed by atoms with van der Waals surface area (Å²) in [6.45, 7) is 6.99. The molecular formula is C12H22S2Si. The summed E-state index contributed by atoms with van der Waals surface area (Å²) < 4.78 is 0. The van der Waals surface area contributed by atoms with Crippen molar-refractivity contribution in [1.29, 1.82) is 0 Å². The molecule has 1 aliphatic rings. The Balaban J connectivity index is 2.59. The van der Waals surface area contributed by atoms with Gasteiger partial charge < -0.3 is 0 Å². The van der Waals surface area contributed by atoms with E-state index in [1.165, 1.54) is 35.4 Å². The maximum Gasteiger partial charge on any atom is 0.137 e. The first-order valence-corrected chi connectivity index (χ1v) is 10.8. The van der Waals surface area contributed by atoms with E-state index >= 15 is 0 Å². The van der Waals surface area contributed by atoms with E-state index in [9.17, 15) is 0 Å². The number of thioether (sulfide) groups is 2. The largest absolute Gasteiger partial charge is 0.159 e. The van der Waals surface area contributed by atoms with E-state index < -0.39 is 8.07 Å². The second-order valence-electron chi connectivity index (χ2n) is 4.04. The lowest BCUT2D eigenvalue weighted by molar-refractivity contribution is 1.20. The lowest BCUT2D eigenvalue weighted by Gasteiger charge is -2.21. The first kappa shape index (κ1) is 13.5. The number of hydrogen-bond donors (Lipinski definition) is 0. The van der Waals surface area contributed by atoms with Crippen molar-refractivity contribution in [2.24, 2.45) is 0 Å². The minimum absolute atomic E-state index is 0.625. The summed E-state index contributed by atoms with van der Waals surface area (Å²) in [5.74, 6) is 7.43. The quantitative estimate of drug-likeness (QED) is 0.556. The highest BCUT2D eigenvalue weighted by Crippen LogP contribution is 2.24. The molecule has 86 valence electrons. The molecule has 0 aromatic rings. The average molecular weight is 259 g/mol. The molecule has 1 fully saturated rings. The Bertz CT molecular complexity index is 223. The van der Waals surface area contributed by atoms with E-state index in [1.54, 1.807) is 0 Å². The predicted octanol–water partition coefficient (Wildman–Crippen LogP) is 3.89. The van der Waals surface area contributed by atoms with E-state index in [4.69, 9.17) is 0 Å². The Morgan fingerprint density at radius 3 is 2.27 bits per heavy atom. The van der Waals surface area contributed by atoms with Crippen LogP contribution in [0.1, 0.15) is 20.8 Å². The molecule has 0 nitrogen and oxygen atoms in total. The third-order valence-electron chi connectivity index (χ3n) is 3.34. The van der Waals surface area contributed by atoms with Crippen molar-refractivity contribution in [3.8, 4) is 11.5 Å². The summed E-state index contributed by atoms with van der Waals surface area (Å²) in [5, 5.41) is 0.625. The maximum atomic E-state index is 3.71. The Morgan fingerprint density at radius 1 is 1.13 bits per heavy atom. The van der Waals surface area contributed by atoms with Gasteiger partial charge in [0.15, 0.2) is 0 Å². The average Bonchev–Trinajstić information content (AvgIpc) is 2.33. The summed E-state index contributed by atoms with van der Waals surface area (Å²) >= 11 is 4.13. The van der Waals surface area contributed by atoms with Crippen LogP contribution in [0.15, 0.2) is 0 Å². The van der Waals surface area contributed by atoms with E-state index in [0.717, 1.165) is 0 Å². The van der Waals surface area contributed by atoms with Gasteiger partial charge >= 0.3 is 0 Å². The fraction of sp³-hybridized carbons (Fsp3) is 0.833. The van der Waals surface area contributed by atoms with Gasteiger partial charge in [-0.1, -0.05) is 26.7 Å². The summed E-state index contributed by atoms with van der Waals surface area (Å²) in [7, 11) is -1.19. The molecular weight excluding hydrogens is 236 g/mol. The number of hydrogen-bond acceptors (Lipinski definition) is 2. The highest BCUT2D eigenvalue weighted by molar-refractivity contribution is 8.06. The second-order valence-corrected chi connectivity index (χ2v) is 11.4. The molecule has 0 saturated carbocycles. The fourth-order valence-electron chi connectivity index (χ4n) is 1.82. The first-order chi connectivity index (χ1) is 7.26. The minimum atomic E-state index is -1.19. The van der Waals surface area contributed by atoms with Gasteiger partial charge in [0.25, 0.3) is 0 Å². The standard InChI is InChI=1S/C12H22S2Si/c1-4-15(5-2,6-3)10-7-12-11-13-8-9-14-12/h12H,4-6,8-9,11H2,1-3H3. The molecule has 1 saturated heterocycles. The van der Waals surface area contributed by atoms with Crippen LogP contribution in [0.25, 0.3) is 0 Å². The van der Waals surface area contributed by atoms with Crippen LogP contribution in [0.3, 0.4) is 0 Å². The maximum absolute atomic E-state index is 3.71. The third-order valence-corrected chi connectivity index (χ3v) is 10.7. The molecule has 0 aromatic heterocycles. The predicted molar refractivity (Wildman–Crippen MR) is 78.5 cm³/mol. The molecule has 0 aromatic carbocycles. The van der Waals surface area contributed by atoms with Gasteiger partial charge in [0, 0.05) is 17.3 Å². The van der Waals surface area contributed by atoms with Crippen LogP contribution in [0.4, 0.5) is 0 Å². The van der Waals surface area contributed by atoms with Gasteiger partial charge in [-0.05, 0) is 18.1 Å². The van der Waals surface area contributed by atoms with Gasteiger partial charge in [0.05, 0.1) is 5.25 Å². The van der Waals surface area contributed by atoms with Gasteiger partial charge in [-0.15, -0.1) is 17.3 Å². The van der Waals surface area contributed by atoms with Gasteiger partial charge in [-0.3, -0.25) is 0 Å². The van der Waals surface area contributed by atoms with Gasteiger partial charge in [-0.25, -0.2) is 0 Å². The van der Waals surface area contributed by atoms with Crippen molar-refractivity contribution in [3.05, 3.63) is 0 Å². The van der Waals surface area contributed by atoms with E-state index in [-0.39, 0.29) is 0 Å². The lowest BCUT2D eigenvalue weighted by Crippen LogP contribution is -2.30. The molecule has 0 aliphatic carbocycles. The van der Waals surface area contributed by atoms with Crippen LogP contribution in [0.5, 0.6) is 0 Å². The van der Waals surface area contributed by atoms with Crippen LogP contribution in [0, 0.1) is 11.5 Å². The van der Waals surface area contributed by atoms with Crippen molar-refractivity contribution in [2.75, 3.05) is 17.3 Å². The molecule has 1 heterocycles. The van der Waals surface area contributed by atoms with Crippen LogP contribution < -0.4 is 0 Å². The van der Waals surface area contributed by atoms with Crippen molar-refractivity contribution in [1.82, 2.24) is 0 Å². The van der Waals surface area contributed by atoms with E-state index in [1.807, 2.05) is 0 Å². The van der Waals surface area contributed by atoms with Crippen LogP contribution in [-0.2, 0) is 0 Å². The van der Waals surface area contributed by atoms with E-state index in [0.29, 0.717) is 5.25 Å². The van der Waals surface area contributed by atoms with Crippen molar-refractivity contribution in [2.45, 2.75) is 44.2 Å². The molecule has 0 amide bonds. The molecule has 0 spiro atoms. The highest BCUT2D eigenvalue weighted by Gasteiger charge is 2.24. The minimum Gasteiger partial charge on any atom is -0.159 e. The summed E-state index contributed by atoms with van der Waals surface area (Å²) in [6.07, 6.45) is 0. The monoisotopic (exact) mass is 258 g/mol. The van der Waals surface area contributed by atoms with Crippen LogP contribution >= 0.6 is 23.5 Å². The Morgan fingerprint density at radius 2 is 1.80 bits per heavy atom. The zero-order valence-electron chi connectivity index (χ0n) is 10.1. The topological polar surface area (TPSA) is 0 Å². The van der Waals surface area contributed by atoms with E-state index in [2.05, 4.69) is 55.8 Å². The molecule has 15 heavy (non-hydrogen) atoms. The SMILES string of the molecule is CC[Si](C#CC1CSCCS1)(CC)CC. The Hall–Kier alpha value is 0.477. The van der Waals surface area contributed by atoms with Crippen LogP contribution in [0.2, 0.25) is 18.1 Å². The normalized spacial score (nSPS) is 21.9. The second kappa shape index (κ2) is 6.93. The molecule has 0 N–H and O–H groups in total. The lowest BCUT2D eigenvalue weighted by atomic mass is 10.5. The van der Waals surface area contributed by atoms with Crippen molar-refractivity contribution < 1.29 is 0 Å². The summed E-state index contributed by atoms with van der Waals surface area (Å²) in [5.41, 5.74) is 3.71. The molecule has 1 aliphatic heterocycles. The van der Waals surface area contributed by atoms with Gasteiger partial charge in [-0.2, -0.15) is 11.8 Å². The Kier molecular flexibility index (Phi) is 6.26. The molecule has 0 radical (unpaired) electrons.